The Morgan fingerprint density at radius 1 is 1.24 bits per heavy atom. The summed E-state index contributed by atoms with van der Waals surface area (Å²) in [6.07, 6.45) is 0.765. The highest BCUT2D eigenvalue weighted by molar-refractivity contribution is 5.94. The zero-order valence-corrected chi connectivity index (χ0v) is 12.2. The fourth-order valence-electron chi connectivity index (χ4n) is 1.56. The quantitative estimate of drug-likeness (QED) is 0.444. The molecule has 6 nitrogen and oxygen atoms in total. The first-order valence-electron chi connectivity index (χ1n) is 6.60. The van der Waals surface area contributed by atoms with Crippen molar-refractivity contribution in [3.05, 3.63) is 29.8 Å². The molecule has 0 fully saturated rings. The molecule has 0 saturated carbocycles. The van der Waals surface area contributed by atoms with Crippen LogP contribution in [-0.2, 0) is 14.3 Å². The van der Waals surface area contributed by atoms with Crippen LogP contribution in [-0.4, -0.2) is 37.9 Å². The Hall–Kier alpha value is -2.37. The van der Waals surface area contributed by atoms with Gasteiger partial charge in [0.15, 0.2) is 5.78 Å². The fourth-order valence-corrected chi connectivity index (χ4v) is 1.56. The molecule has 0 atom stereocenters. The van der Waals surface area contributed by atoms with E-state index in [1.165, 1.54) is 14.0 Å². The first kappa shape index (κ1) is 16.7. The molecule has 1 rings (SSSR count). The van der Waals surface area contributed by atoms with Crippen molar-refractivity contribution < 1.29 is 23.9 Å². The van der Waals surface area contributed by atoms with Gasteiger partial charge in [0.05, 0.1) is 13.7 Å². The maximum Gasteiger partial charge on any atom is 0.325 e. The monoisotopic (exact) mass is 293 g/mol. The van der Waals surface area contributed by atoms with Crippen LogP contribution in [0.25, 0.3) is 0 Å². The van der Waals surface area contributed by atoms with E-state index < -0.39 is 5.97 Å². The van der Waals surface area contributed by atoms with Gasteiger partial charge in [-0.1, -0.05) is 12.1 Å². The van der Waals surface area contributed by atoms with E-state index in [9.17, 15) is 14.4 Å². The lowest BCUT2D eigenvalue weighted by Crippen LogP contribution is -2.30. The smallest absolute Gasteiger partial charge is 0.325 e. The van der Waals surface area contributed by atoms with Gasteiger partial charge in [-0.15, -0.1) is 0 Å². The van der Waals surface area contributed by atoms with Gasteiger partial charge in [-0.2, -0.15) is 0 Å². The van der Waals surface area contributed by atoms with Crippen LogP contribution in [0.15, 0.2) is 24.3 Å². The van der Waals surface area contributed by atoms with Crippen molar-refractivity contribution in [2.24, 2.45) is 0 Å². The summed E-state index contributed by atoms with van der Waals surface area (Å²) < 4.78 is 9.88. The van der Waals surface area contributed by atoms with Crippen molar-refractivity contribution in [3.8, 4) is 5.75 Å². The number of carbonyl (C=O) groups is 3. The second-order valence-electron chi connectivity index (χ2n) is 4.39. The van der Waals surface area contributed by atoms with Crippen LogP contribution < -0.4 is 10.1 Å². The number of esters is 1. The van der Waals surface area contributed by atoms with Gasteiger partial charge in [-0.25, -0.2) is 0 Å². The predicted molar refractivity (Wildman–Crippen MR) is 76.2 cm³/mol. The number of Topliss-reactive ketones (excluding diaryl/α,β-unsaturated/α-hetero) is 1. The molecule has 21 heavy (non-hydrogen) atoms. The van der Waals surface area contributed by atoms with E-state index in [1.54, 1.807) is 24.3 Å². The zero-order chi connectivity index (χ0) is 15.7. The minimum absolute atomic E-state index is 0.0253. The van der Waals surface area contributed by atoms with Gasteiger partial charge in [-0.3, -0.25) is 14.4 Å². The van der Waals surface area contributed by atoms with E-state index in [1.807, 2.05) is 0 Å². The summed E-state index contributed by atoms with van der Waals surface area (Å²) in [4.78, 5) is 33.5. The number of carbonyl (C=O) groups excluding carboxylic acids is 3. The summed E-state index contributed by atoms with van der Waals surface area (Å²) >= 11 is 0. The van der Waals surface area contributed by atoms with Crippen LogP contribution in [0.3, 0.4) is 0 Å². The van der Waals surface area contributed by atoms with E-state index >= 15 is 0 Å². The first-order chi connectivity index (χ1) is 10.0. The molecule has 1 aromatic rings. The first-order valence-corrected chi connectivity index (χ1v) is 6.60. The maximum atomic E-state index is 11.4. The molecule has 0 saturated heterocycles. The zero-order valence-electron chi connectivity index (χ0n) is 12.2. The minimum Gasteiger partial charge on any atom is -0.494 e. The van der Waals surface area contributed by atoms with Crippen molar-refractivity contribution in [3.63, 3.8) is 0 Å². The second-order valence-corrected chi connectivity index (χ2v) is 4.39. The van der Waals surface area contributed by atoms with Gasteiger partial charge >= 0.3 is 5.97 Å². The molecular weight excluding hydrogens is 274 g/mol. The topological polar surface area (TPSA) is 81.7 Å². The van der Waals surface area contributed by atoms with Gasteiger partial charge in [0.25, 0.3) is 0 Å². The van der Waals surface area contributed by atoms with E-state index in [2.05, 4.69) is 10.1 Å². The average Bonchev–Trinajstić information content (AvgIpc) is 2.49. The SMILES string of the molecule is COC(=O)CNC(=O)CCCOc1cccc(C(C)=O)c1. The number of benzene rings is 1. The summed E-state index contributed by atoms with van der Waals surface area (Å²) in [5.74, 6) is -0.151. The highest BCUT2D eigenvalue weighted by atomic mass is 16.5. The number of hydrogen-bond donors (Lipinski definition) is 1. The Morgan fingerprint density at radius 2 is 2.00 bits per heavy atom. The molecule has 0 aliphatic heterocycles. The number of ether oxygens (including phenoxy) is 2. The number of amides is 1. The summed E-state index contributed by atoms with van der Waals surface area (Å²) in [6.45, 7) is 1.72. The fraction of sp³-hybridized carbons (Fsp3) is 0.400. The number of rotatable bonds is 8. The molecule has 6 heteroatoms. The van der Waals surface area contributed by atoms with E-state index in [-0.39, 0.29) is 24.7 Å². The number of methoxy groups -OCH3 is 1. The van der Waals surface area contributed by atoms with E-state index in [0.717, 1.165) is 0 Å². The van der Waals surface area contributed by atoms with Crippen LogP contribution in [0, 0.1) is 0 Å². The number of ketones is 1. The molecule has 0 heterocycles. The lowest BCUT2D eigenvalue weighted by Gasteiger charge is -2.07. The van der Waals surface area contributed by atoms with Crippen molar-refractivity contribution in [2.75, 3.05) is 20.3 Å². The molecule has 114 valence electrons. The Bertz CT molecular complexity index is 513. The van der Waals surface area contributed by atoms with Gasteiger partial charge < -0.3 is 14.8 Å². The van der Waals surface area contributed by atoms with Gasteiger partial charge in [-0.05, 0) is 25.5 Å². The Kier molecular flexibility index (Phi) is 6.94. The summed E-state index contributed by atoms with van der Waals surface area (Å²) in [6, 6.07) is 6.88. The van der Waals surface area contributed by atoms with Crippen LogP contribution >= 0.6 is 0 Å². The molecule has 1 N–H and O–H groups in total. The molecule has 0 aliphatic carbocycles. The highest BCUT2D eigenvalue weighted by Gasteiger charge is 2.05. The molecule has 0 aromatic heterocycles. The molecule has 1 amide bonds. The summed E-state index contributed by atoms with van der Waals surface area (Å²) in [5.41, 5.74) is 0.586. The second kappa shape index (κ2) is 8.73. The van der Waals surface area contributed by atoms with Crippen LogP contribution in [0.4, 0.5) is 0 Å². The largest absolute Gasteiger partial charge is 0.494 e. The lowest BCUT2D eigenvalue weighted by molar-refractivity contribution is -0.141. The van der Waals surface area contributed by atoms with Crippen molar-refractivity contribution in [2.45, 2.75) is 19.8 Å². The molecule has 1 aromatic carbocycles. The lowest BCUT2D eigenvalue weighted by atomic mass is 10.1. The van der Waals surface area contributed by atoms with Crippen molar-refractivity contribution >= 4 is 17.7 Å². The van der Waals surface area contributed by atoms with Crippen LogP contribution in [0.1, 0.15) is 30.1 Å². The van der Waals surface area contributed by atoms with Gasteiger partial charge in [0.1, 0.15) is 12.3 Å². The Labute approximate surface area is 123 Å². The molecule has 0 spiro atoms. The maximum absolute atomic E-state index is 11.4. The molecule has 0 radical (unpaired) electrons. The molecular formula is C15H19NO5. The highest BCUT2D eigenvalue weighted by Crippen LogP contribution is 2.14. The average molecular weight is 293 g/mol. The third-order valence-electron chi connectivity index (χ3n) is 2.72. The molecule has 0 bridgehead atoms. The minimum atomic E-state index is -0.486. The third-order valence-corrected chi connectivity index (χ3v) is 2.72. The Balaban J connectivity index is 2.25. The summed E-state index contributed by atoms with van der Waals surface area (Å²) in [5, 5.41) is 2.44. The van der Waals surface area contributed by atoms with E-state index in [0.29, 0.717) is 24.3 Å². The number of hydrogen-bond acceptors (Lipinski definition) is 5. The summed E-state index contributed by atoms with van der Waals surface area (Å²) in [7, 11) is 1.26. The molecule has 0 unspecified atom stereocenters. The van der Waals surface area contributed by atoms with Gasteiger partial charge in [0.2, 0.25) is 5.91 Å². The molecule has 0 aliphatic rings. The van der Waals surface area contributed by atoms with E-state index in [4.69, 9.17) is 4.74 Å². The van der Waals surface area contributed by atoms with Gasteiger partial charge in [0, 0.05) is 12.0 Å². The van der Waals surface area contributed by atoms with Crippen molar-refractivity contribution in [1.82, 2.24) is 5.32 Å². The normalized spacial score (nSPS) is 9.81. The van der Waals surface area contributed by atoms with Crippen LogP contribution in [0.2, 0.25) is 0 Å². The standard InChI is InChI=1S/C15H19NO5/c1-11(17)12-5-3-6-13(9-12)21-8-4-7-14(18)16-10-15(19)20-2/h3,5-6,9H,4,7-8,10H2,1-2H3,(H,16,18). The Morgan fingerprint density at radius 3 is 2.67 bits per heavy atom. The predicted octanol–water partition coefficient (Wildman–Crippen LogP) is 1.34. The number of nitrogens with one attached hydrogen (secondary N) is 1. The van der Waals surface area contributed by atoms with Crippen molar-refractivity contribution in [1.29, 1.82) is 0 Å². The van der Waals surface area contributed by atoms with Crippen LogP contribution in [0.5, 0.6) is 5.75 Å². The third kappa shape index (κ3) is 6.56.